The number of phenols is 1. The van der Waals surface area contributed by atoms with Gasteiger partial charge in [-0.3, -0.25) is 0 Å². The molecule has 0 spiro atoms. The quantitative estimate of drug-likeness (QED) is 0.778. The van der Waals surface area contributed by atoms with Gasteiger partial charge in [0.15, 0.2) is 0 Å². The summed E-state index contributed by atoms with van der Waals surface area (Å²) in [6.45, 7) is 3.43. The second-order valence-electron chi connectivity index (χ2n) is 6.33. The average molecular weight is 320 g/mol. The van der Waals surface area contributed by atoms with Crippen LogP contribution in [0.3, 0.4) is 0 Å². The van der Waals surface area contributed by atoms with Gasteiger partial charge in [-0.25, -0.2) is 0 Å². The molecular formula is C21H22NO2+. The molecule has 1 aliphatic heterocycles. The number of phenolic OH excluding ortho intramolecular Hbond substituents is 1. The number of benzene rings is 3. The number of morpholine rings is 1. The first kappa shape index (κ1) is 15.2. The normalized spacial score (nSPS) is 17.0. The van der Waals surface area contributed by atoms with Crippen LogP contribution in [-0.4, -0.2) is 31.4 Å². The average Bonchev–Trinajstić information content (AvgIpc) is 2.66. The number of rotatable bonds is 3. The predicted octanol–water partition coefficient (Wildman–Crippen LogP) is 2.55. The maximum atomic E-state index is 10.7. The van der Waals surface area contributed by atoms with Gasteiger partial charge in [-0.05, 0) is 16.8 Å². The number of hydrogen-bond donors (Lipinski definition) is 2. The Kier molecular flexibility index (Phi) is 4.20. The van der Waals surface area contributed by atoms with Crippen LogP contribution in [0.5, 0.6) is 5.75 Å². The minimum Gasteiger partial charge on any atom is -0.507 e. The lowest BCUT2D eigenvalue weighted by Crippen LogP contribution is -3.14. The topological polar surface area (TPSA) is 33.9 Å². The van der Waals surface area contributed by atoms with Crippen LogP contribution in [0.25, 0.3) is 10.8 Å². The predicted molar refractivity (Wildman–Crippen MR) is 95.4 cm³/mol. The molecule has 1 fully saturated rings. The van der Waals surface area contributed by atoms with Crippen LogP contribution in [0.2, 0.25) is 0 Å². The third-order valence-electron chi connectivity index (χ3n) is 4.91. The Morgan fingerprint density at radius 1 is 0.833 bits per heavy atom. The van der Waals surface area contributed by atoms with Gasteiger partial charge in [-0.15, -0.1) is 0 Å². The minimum absolute atomic E-state index is 0.112. The molecule has 0 saturated carbocycles. The van der Waals surface area contributed by atoms with E-state index in [2.05, 4.69) is 36.4 Å². The Labute approximate surface area is 142 Å². The van der Waals surface area contributed by atoms with E-state index >= 15 is 0 Å². The summed E-state index contributed by atoms with van der Waals surface area (Å²) in [5, 5.41) is 13.0. The van der Waals surface area contributed by atoms with E-state index in [1.807, 2.05) is 30.3 Å². The monoisotopic (exact) mass is 320 g/mol. The second-order valence-corrected chi connectivity index (χ2v) is 6.33. The first-order valence-corrected chi connectivity index (χ1v) is 8.52. The SMILES string of the molecule is Oc1ccc2ccccc2c1[C@@H](c1ccccc1)[NH+]1CCOCC1. The third-order valence-corrected chi connectivity index (χ3v) is 4.91. The van der Waals surface area contributed by atoms with Crippen LogP contribution in [-0.2, 0) is 4.74 Å². The largest absolute Gasteiger partial charge is 0.507 e. The number of fused-ring (bicyclic) bond motifs is 1. The fraction of sp³-hybridized carbons (Fsp3) is 0.238. The Morgan fingerprint density at radius 2 is 1.54 bits per heavy atom. The summed E-state index contributed by atoms with van der Waals surface area (Å²) in [6.07, 6.45) is 0. The standard InChI is InChI=1S/C21H21NO2/c23-19-11-10-16-6-4-5-9-18(16)20(19)21(17-7-2-1-3-8-17)22-12-14-24-15-13-22/h1-11,21,23H,12-15H2/p+1/t21-/m1/s1. The lowest BCUT2D eigenvalue weighted by molar-refractivity contribution is -0.933. The highest BCUT2D eigenvalue weighted by molar-refractivity contribution is 5.88. The van der Waals surface area contributed by atoms with Crippen LogP contribution in [0.15, 0.2) is 66.7 Å². The zero-order chi connectivity index (χ0) is 16.4. The Bertz CT molecular complexity index is 826. The van der Waals surface area contributed by atoms with Crippen molar-refractivity contribution >= 4 is 10.8 Å². The van der Waals surface area contributed by atoms with E-state index < -0.39 is 0 Å². The summed E-state index contributed by atoms with van der Waals surface area (Å²) in [5.74, 6) is 0.376. The molecule has 0 amide bonds. The Hall–Kier alpha value is -2.36. The molecule has 3 nitrogen and oxygen atoms in total. The van der Waals surface area contributed by atoms with Gasteiger partial charge >= 0.3 is 0 Å². The highest BCUT2D eigenvalue weighted by Crippen LogP contribution is 2.34. The fourth-order valence-electron chi connectivity index (χ4n) is 3.76. The minimum atomic E-state index is 0.112. The number of hydrogen-bond acceptors (Lipinski definition) is 2. The van der Waals surface area contributed by atoms with E-state index in [0.29, 0.717) is 5.75 Å². The van der Waals surface area contributed by atoms with E-state index in [-0.39, 0.29) is 6.04 Å². The highest BCUT2D eigenvalue weighted by atomic mass is 16.5. The molecule has 0 aliphatic carbocycles. The van der Waals surface area contributed by atoms with E-state index in [4.69, 9.17) is 4.74 Å². The fourth-order valence-corrected chi connectivity index (χ4v) is 3.76. The third kappa shape index (κ3) is 2.77. The van der Waals surface area contributed by atoms with Crippen molar-refractivity contribution in [1.29, 1.82) is 0 Å². The van der Waals surface area contributed by atoms with Crippen LogP contribution < -0.4 is 4.90 Å². The maximum Gasteiger partial charge on any atom is 0.143 e. The van der Waals surface area contributed by atoms with Crippen LogP contribution in [0.4, 0.5) is 0 Å². The number of nitrogens with one attached hydrogen (secondary N) is 1. The van der Waals surface area contributed by atoms with Crippen molar-refractivity contribution in [2.75, 3.05) is 26.3 Å². The molecule has 0 aromatic heterocycles. The van der Waals surface area contributed by atoms with Crippen molar-refractivity contribution in [2.45, 2.75) is 6.04 Å². The highest BCUT2D eigenvalue weighted by Gasteiger charge is 2.31. The molecule has 3 aromatic carbocycles. The van der Waals surface area contributed by atoms with Crippen molar-refractivity contribution in [3.63, 3.8) is 0 Å². The van der Waals surface area contributed by atoms with Crippen LogP contribution in [0, 0.1) is 0 Å². The van der Waals surface area contributed by atoms with E-state index in [9.17, 15) is 5.11 Å². The molecule has 3 aromatic rings. The van der Waals surface area contributed by atoms with Gasteiger partial charge < -0.3 is 14.7 Å². The van der Waals surface area contributed by atoms with Crippen molar-refractivity contribution < 1.29 is 14.7 Å². The van der Waals surface area contributed by atoms with E-state index in [1.165, 1.54) is 15.8 Å². The first-order chi connectivity index (χ1) is 11.8. The van der Waals surface area contributed by atoms with Crippen molar-refractivity contribution in [3.8, 4) is 5.75 Å². The van der Waals surface area contributed by atoms with Gasteiger partial charge in [-0.1, -0.05) is 60.7 Å². The number of quaternary nitrogens is 1. The van der Waals surface area contributed by atoms with Gasteiger partial charge in [0.1, 0.15) is 24.9 Å². The van der Waals surface area contributed by atoms with Crippen LogP contribution >= 0.6 is 0 Å². The molecule has 2 N–H and O–H groups in total. The lowest BCUT2D eigenvalue weighted by Gasteiger charge is -2.33. The smallest absolute Gasteiger partial charge is 0.143 e. The maximum absolute atomic E-state index is 10.7. The van der Waals surface area contributed by atoms with E-state index in [1.54, 1.807) is 0 Å². The van der Waals surface area contributed by atoms with Gasteiger partial charge in [-0.2, -0.15) is 0 Å². The summed E-state index contributed by atoms with van der Waals surface area (Å²) in [7, 11) is 0. The Morgan fingerprint density at radius 3 is 2.33 bits per heavy atom. The molecule has 0 radical (unpaired) electrons. The molecule has 1 aliphatic rings. The van der Waals surface area contributed by atoms with Gasteiger partial charge in [0.05, 0.1) is 18.8 Å². The van der Waals surface area contributed by atoms with Gasteiger partial charge in [0.25, 0.3) is 0 Å². The zero-order valence-electron chi connectivity index (χ0n) is 13.6. The molecule has 3 heteroatoms. The molecule has 24 heavy (non-hydrogen) atoms. The molecule has 1 saturated heterocycles. The second kappa shape index (κ2) is 6.63. The van der Waals surface area contributed by atoms with Crippen LogP contribution in [0.1, 0.15) is 17.2 Å². The van der Waals surface area contributed by atoms with Gasteiger partial charge in [0, 0.05) is 5.56 Å². The lowest BCUT2D eigenvalue weighted by atomic mass is 9.91. The molecule has 0 unspecified atom stereocenters. The first-order valence-electron chi connectivity index (χ1n) is 8.52. The molecule has 1 heterocycles. The summed E-state index contributed by atoms with van der Waals surface area (Å²) >= 11 is 0. The molecular weight excluding hydrogens is 298 g/mol. The van der Waals surface area contributed by atoms with Crippen molar-refractivity contribution in [3.05, 3.63) is 77.9 Å². The zero-order valence-corrected chi connectivity index (χ0v) is 13.6. The summed E-state index contributed by atoms with van der Waals surface area (Å²) in [6, 6.07) is 22.7. The molecule has 4 rings (SSSR count). The summed E-state index contributed by atoms with van der Waals surface area (Å²) in [5.41, 5.74) is 2.26. The number of aromatic hydroxyl groups is 1. The number of ether oxygens (including phenoxy) is 1. The van der Waals surface area contributed by atoms with Gasteiger partial charge in [0.2, 0.25) is 0 Å². The Balaban J connectivity index is 1.92. The van der Waals surface area contributed by atoms with Crippen molar-refractivity contribution in [1.82, 2.24) is 0 Å². The summed E-state index contributed by atoms with van der Waals surface area (Å²) < 4.78 is 5.56. The van der Waals surface area contributed by atoms with Crippen molar-refractivity contribution in [2.24, 2.45) is 0 Å². The molecule has 0 bridgehead atoms. The molecule has 1 atom stereocenters. The van der Waals surface area contributed by atoms with E-state index in [0.717, 1.165) is 37.3 Å². The summed E-state index contributed by atoms with van der Waals surface area (Å²) in [4.78, 5) is 1.44. The molecule has 122 valence electrons.